The molecule has 6 rings (SSSR count). The van der Waals surface area contributed by atoms with Crippen molar-refractivity contribution in [2.75, 3.05) is 0 Å². The molecule has 4 aliphatic carbocycles. The van der Waals surface area contributed by atoms with E-state index < -0.39 is 23.0 Å². The van der Waals surface area contributed by atoms with Gasteiger partial charge >= 0.3 is 21.7 Å². The van der Waals surface area contributed by atoms with E-state index >= 15 is 0 Å². The number of aromatic amines is 2. The summed E-state index contributed by atoms with van der Waals surface area (Å²) in [6.45, 7) is 0. The smallest absolute Gasteiger partial charge is 0.367 e. The minimum absolute atomic E-state index is 0. The molecule has 0 amide bonds. The van der Waals surface area contributed by atoms with E-state index in [2.05, 4.69) is 34.3 Å². The Morgan fingerprint density at radius 3 is 1.38 bits per heavy atom. The molecule has 2 N–H and O–H groups in total. The third-order valence-electron chi connectivity index (χ3n) is 5.14. The third kappa shape index (κ3) is 9.56. The van der Waals surface area contributed by atoms with E-state index in [4.69, 9.17) is 0 Å². The molecule has 0 fully saturated rings. The SMILES string of the molecule is FC1=CC=CC(F)(c2cc[nH]c2)[CH-]1.FC1=CC=CC(F)(c2cc[nH]c2)[CH-]1.[C-]1=CC=CC1.[C-]1=CC=CC1.[Ti+4]. The van der Waals surface area contributed by atoms with Crippen LogP contribution in [0, 0.1) is 25.0 Å². The Labute approximate surface area is 230 Å². The summed E-state index contributed by atoms with van der Waals surface area (Å²) in [5.74, 6) is -1.10. The average Bonchev–Trinajstić information content (AvgIpc) is 3.71. The molecule has 4 aliphatic rings. The third-order valence-corrected chi connectivity index (χ3v) is 5.14. The van der Waals surface area contributed by atoms with Crippen molar-refractivity contribution in [1.82, 2.24) is 9.97 Å². The molecule has 0 spiro atoms. The second-order valence-corrected chi connectivity index (χ2v) is 7.85. The summed E-state index contributed by atoms with van der Waals surface area (Å²) in [5, 5.41) is 0. The van der Waals surface area contributed by atoms with Gasteiger partial charge in [0.1, 0.15) is 11.3 Å². The predicted octanol–water partition coefficient (Wildman–Crippen LogP) is 8.22. The predicted molar refractivity (Wildman–Crippen MR) is 136 cm³/mol. The molecule has 2 atom stereocenters. The molecule has 0 aromatic carbocycles. The van der Waals surface area contributed by atoms with Crippen LogP contribution in [-0.2, 0) is 33.1 Å². The Bertz CT molecular complexity index is 1070. The van der Waals surface area contributed by atoms with Crippen molar-refractivity contribution in [3.63, 3.8) is 0 Å². The number of rotatable bonds is 2. The molecule has 2 heterocycles. The van der Waals surface area contributed by atoms with E-state index in [1.165, 1.54) is 48.8 Å². The normalized spacial score (nSPS) is 23.6. The van der Waals surface area contributed by atoms with Crippen LogP contribution in [0.2, 0.25) is 0 Å². The Balaban J connectivity index is 0.000000187. The topological polar surface area (TPSA) is 31.6 Å². The molecule has 7 heteroatoms. The minimum atomic E-state index is -1.81. The standard InChI is InChI=1S/2C10H8F2N.2C5H5.Ti/c2*11-9-2-1-4-10(12,6-9)8-3-5-13-7-8;2*1-2-4-5-3-1;/h2*1-7,13H;2*1-3H,4H2;/q4*-1;+4. The molecule has 0 saturated carbocycles. The number of halogens is 4. The molecule has 0 bridgehead atoms. The summed E-state index contributed by atoms with van der Waals surface area (Å²) in [6, 6.07) is 3.17. The van der Waals surface area contributed by atoms with Crippen LogP contribution >= 0.6 is 0 Å². The van der Waals surface area contributed by atoms with Gasteiger partial charge in [-0.1, -0.05) is 12.2 Å². The van der Waals surface area contributed by atoms with Gasteiger partial charge in [-0.15, -0.1) is 25.0 Å². The quantitative estimate of drug-likeness (QED) is 0.219. The molecule has 188 valence electrons. The van der Waals surface area contributed by atoms with Crippen molar-refractivity contribution >= 4 is 0 Å². The van der Waals surface area contributed by atoms with E-state index in [1.54, 1.807) is 24.5 Å². The molecule has 0 aliphatic heterocycles. The van der Waals surface area contributed by atoms with Crippen LogP contribution in [0.4, 0.5) is 17.6 Å². The monoisotopic (exact) mass is 538 g/mol. The number of nitrogens with one attached hydrogen (secondary N) is 2. The molecular formula is C30H26F4N2Ti. The summed E-state index contributed by atoms with van der Waals surface area (Å²) in [4.78, 5) is 5.46. The zero-order valence-electron chi connectivity index (χ0n) is 20.0. The Morgan fingerprint density at radius 2 is 1.14 bits per heavy atom. The fourth-order valence-corrected chi connectivity index (χ4v) is 3.32. The van der Waals surface area contributed by atoms with Gasteiger partial charge in [0.25, 0.3) is 0 Å². The van der Waals surface area contributed by atoms with Gasteiger partial charge in [-0.25, -0.2) is 41.9 Å². The average molecular weight is 538 g/mol. The van der Waals surface area contributed by atoms with Gasteiger partial charge in [-0.05, 0) is 34.9 Å². The van der Waals surface area contributed by atoms with Crippen molar-refractivity contribution in [3.8, 4) is 0 Å². The maximum atomic E-state index is 13.9. The fourth-order valence-electron chi connectivity index (χ4n) is 3.32. The van der Waals surface area contributed by atoms with Crippen molar-refractivity contribution < 1.29 is 39.3 Å². The minimum Gasteiger partial charge on any atom is -0.367 e. The van der Waals surface area contributed by atoms with Crippen LogP contribution in [-0.4, -0.2) is 9.97 Å². The molecular weight excluding hydrogens is 512 g/mol. The van der Waals surface area contributed by atoms with Crippen molar-refractivity contribution in [3.05, 3.63) is 158 Å². The van der Waals surface area contributed by atoms with Gasteiger partial charge in [0.15, 0.2) is 0 Å². The van der Waals surface area contributed by atoms with Crippen LogP contribution in [0.1, 0.15) is 24.0 Å². The van der Waals surface area contributed by atoms with Gasteiger partial charge in [0, 0.05) is 24.8 Å². The zero-order valence-corrected chi connectivity index (χ0v) is 21.5. The van der Waals surface area contributed by atoms with Gasteiger partial charge in [0.2, 0.25) is 0 Å². The van der Waals surface area contributed by atoms with E-state index in [0.717, 1.165) is 25.7 Å². The number of hydrogen-bond acceptors (Lipinski definition) is 0. The number of H-pyrrole nitrogens is 2. The Kier molecular flexibility index (Phi) is 12.1. The van der Waals surface area contributed by atoms with Crippen LogP contribution in [0.3, 0.4) is 0 Å². The second-order valence-electron chi connectivity index (χ2n) is 7.85. The van der Waals surface area contributed by atoms with Crippen LogP contribution in [0.25, 0.3) is 0 Å². The van der Waals surface area contributed by atoms with E-state index in [1.807, 2.05) is 24.3 Å². The zero-order chi connectivity index (χ0) is 25.7. The van der Waals surface area contributed by atoms with Crippen LogP contribution in [0.15, 0.2) is 121 Å². The van der Waals surface area contributed by atoms with Crippen LogP contribution in [0.5, 0.6) is 0 Å². The van der Waals surface area contributed by atoms with Gasteiger partial charge < -0.3 is 9.97 Å². The first-order chi connectivity index (χ1) is 17.4. The molecule has 2 aromatic heterocycles. The van der Waals surface area contributed by atoms with Crippen molar-refractivity contribution in [1.29, 1.82) is 0 Å². The fraction of sp³-hybridized carbons (Fsp3) is 0.133. The van der Waals surface area contributed by atoms with Crippen LogP contribution < -0.4 is 0 Å². The number of allylic oxidation sites excluding steroid dienone is 16. The van der Waals surface area contributed by atoms with Crippen molar-refractivity contribution in [2.45, 2.75) is 24.2 Å². The van der Waals surface area contributed by atoms with E-state index in [9.17, 15) is 17.6 Å². The van der Waals surface area contributed by atoms with E-state index in [-0.39, 0.29) is 21.7 Å². The number of alkyl halides is 2. The van der Waals surface area contributed by atoms with Gasteiger partial charge in [-0.2, -0.15) is 37.1 Å². The molecule has 2 aromatic rings. The maximum Gasteiger partial charge on any atom is 4.00 e. The first-order valence-electron chi connectivity index (χ1n) is 11.3. The Morgan fingerprint density at radius 1 is 0.703 bits per heavy atom. The first-order valence-corrected chi connectivity index (χ1v) is 11.3. The molecule has 2 unspecified atom stereocenters. The Hall–Kier alpha value is -3.35. The second kappa shape index (κ2) is 15.0. The number of hydrogen-bond donors (Lipinski definition) is 2. The summed E-state index contributed by atoms with van der Waals surface area (Å²) < 4.78 is 53.4. The van der Waals surface area contributed by atoms with E-state index in [0.29, 0.717) is 11.1 Å². The molecule has 0 radical (unpaired) electrons. The first kappa shape index (κ1) is 29.9. The summed E-state index contributed by atoms with van der Waals surface area (Å²) in [7, 11) is 0. The largest absolute Gasteiger partial charge is 4.00 e. The summed E-state index contributed by atoms with van der Waals surface area (Å²) in [6.07, 6.45) is 36.0. The summed E-state index contributed by atoms with van der Waals surface area (Å²) >= 11 is 0. The molecule has 0 saturated heterocycles. The maximum absolute atomic E-state index is 13.9. The molecule has 2 nitrogen and oxygen atoms in total. The van der Waals surface area contributed by atoms with Gasteiger partial charge in [0.05, 0.1) is 0 Å². The summed E-state index contributed by atoms with van der Waals surface area (Å²) in [5.41, 5.74) is -2.79. The van der Waals surface area contributed by atoms with Gasteiger partial charge in [-0.3, -0.25) is 12.2 Å². The molecule has 37 heavy (non-hydrogen) atoms. The number of aromatic nitrogens is 2. The van der Waals surface area contributed by atoms with Crippen molar-refractivity contribution in [2.24, 2.45) is 0 Å².